The molecule has 2 N–H and O–H groups in total. The molecule has 0 unspecified atom stereocenters. The molecule has 2 aromatic carbocycles. The van der Waals surface area contributed by atoms with Crippen LogP contribution in [0, 0.1) is 0 Å². The first kappa shape index (κ1) is 21.9. The van der Waals surface area contributed by atoms with Gasteiger partial charge in [-0.3, -0.25) is 9.59 Å². The van der Waals surface area contributed by atoms with Crippen LogP contribution in [0.1, 0.15) is 36.1 Å². The Bertz CT molecular complexity index is 1030. The van der Waals surface area contributed by atoms with Crippen molar-refractivity contribution in [3.63, 3.8) is 0 Å². The quantitative estimate of drug-likeness (QED) is 0.510. The van der Waals surface area contributed by atoms with Gasteiger partial charge in [-0.25, -0.2) is 0 Å². The van der Waals surface area contributed by atoms with E-state index < -0.39 is 0 Å². The van der Waals surface area contributed by atoms with Crippen molar-refractivity contribution in [3.8, 4) is 0 Å². The Balaban J connectivity index is 1.64. The number of nitrogens with one attached hydrogen (secondary N) is 2. The van der Waals surface area contributed by atoms with E-state index in [4.69, 9.17) is 11.6 Å². The molecule has 0 aliphatic rings. The summed E-state index contributed by atoms with van der Waals surface area (Å²) < 4.78 is 1.89. The van der Waals surface area contributed by atoms with Crippen molar-refractivity contribution < 1.29 is 9.59 Å². The number of amides is 2. The van der Waals surface area contributed by atoms with E-state index >= 15 is 0 Å². The molecule has 7 nitrogen and oxygen atoms in total. The molecule has 156 valence electrons. The van der Waals surface area contributed by atoms with E-state index in [1.54, 1.807) is 24.3 Å². The van der Waals surface area contributed by atoms with Crippen LogP contribution in [0.4, 0.5) is 5.69 Å². The van der Waals surface area contributed by atoms with E-state index in [1.807, 2.05) is 48.7 Å². The number of benzene rings is 2. The van der Waals surface area contributed by atoms with E-state index in [-0.39, 0.29) is 23.6 Å². The first-order chi connectivity index (χ1) is 14.5. The van der Waals surface area contributed by atoms with Gasteiger partial charge in [0.1, 0.15) is 0 Å². The van der Waals surface area contributed by atoms with Gasteiger partial charge in [-0.05, 0) is 38.1 Å². The van der Waals surface area contributed by atoms with Crippen LogP contribution < -0.4 is 10.6 Å². The van der Waals surface area contributed by atoms with E-state index in [0.717, 1.165) is 5.69 Å². The maximum Gasteiger partial charge on any atom is 0.253 e. The number of carbonyl (C=O) groups excluding carboxylic acids is 2. The third-order valence-corrected chi connectivity index (χ3v) is 5.60. The zero-order chi connectivity index (χ0) is 21.5. The fraction of sp³-hybridized carbons (Fsp3) is 0.238. The van der Waals surface area contributed by atoms with Crippen molar-refractivity contribution in [2.75, 3.05) is 11.1 Å². The third-order valence-electron chi connectivity index (χ3n) is 4.30. The second kappa shape index (κ2) is 10.3. The molecule has 3 aromatic rings. The number of halogens is 1. The summed E-state index contributed by atoms with van der Waals surface area (Å²) in [6.07, 6.45) is 0. The highest BCUT2D eigenvalue weighted by Crippen LogP contribution is 2.22. The summed E-state index contributed by atoms with van der Waals surface area (Å²) >= 11 is 7.40. The molecule has 0 saturated carbocycles. The van der Waals surface area contributed by atoms with Crippen LogP contribution in [-0.4, -0.2) is 32.3 Å². The Morgan fingerprint density at radius 1 is 1.10 bits per heavy atom. The van der Waals surface area contributed by atoms with Gasteiger partial charge in [-0.15, -0.1) is 10.2 Å². The molecule has 0 spiro atoms. The Morgan fingerprint density at radius 3 is 2.50 bits per heavy atom. The summed E-state index contributed by atoms with van der Waals surface area (Å²) in [6.45, 7) is 4.41. The van der Waals surface area contributed by atoms with Gasteiger partial charge in [0.25, 0.3) is 5.91 Å². The topological polar surface area (TPSA) is 88.9 Å². The number of hydrogen-bond acceptors (Lipinski definition) is 5. The van der Waals surface area contributed by atoms with Gasteiger partial charge in [0, 0.05) is 12.2 Å². The lowest BCUT2D eigenvalue weighted by Crippen LogP contribution is -2.29. The Labute approximate surface area is 184 Å². The van der Waals surface area contributed by atoms with Gasteiger partial charge in [0.05, 0.1) is 22.4 Å². The molecule has 3 rings (SSSR count). The number of aromatic nitrogens is 3. The number of thioether (sulfide) groups is 1. The third kappa shape index (κ3) is 5.40. The van der Waals surface area contributed by atoms with E-state index in [1.165, 1.54) is 11.8 Å². The van der Waals surface area contributed by atoms with Crippen LogP contribution in [0.5, 0.6) is 0 Å². The highest BCUT2D eigenvalue weighted by molar-refractivity contribution is 7.99. The van der Waals surface area contributed by atoms with Crippen molar-refractivity contribution in [1.29, 1.82) is 0 Å². The fourth-order valence-corrected chi connectivity index (χ4v) is 3.89. The number of rotatable bonds is 8. The molecular formula is C21H22ClN5O2S. The average Bonchev–Trinajstić information content (AvgIpc) is 3.16. The average molecular weight is 444 g/mol. The molecule has 1 atom stereocenters. The molecule has 1 aromatic heterocycles. The van der Waals surface area contributed by atoms with Crippen LogP contribution in [0.3, 0.4) is 0 Å². The van der Waals surface area contributed by atoms with Crippen molar-refractivity contribution in [1.82, 2.24) is 20.1 Å². The Hall–Kier alpha value is -2.84. The monoisotopic (exact) mass is 443 g/mol. The minimum absolute atomic E-state index is 0.126. The van der Waals surface area contributed by atoms with Gasteiger partial charge >= 0.3 is 0 Å². The molecule has 1 heterocycles. The highest BCUT2D eigenvalue weighted by Gasteiger charge is 2.21. The van der Waals surface area contributed by atoms with Crippen molar-refractivity contribution in [3.05, 3.63) is 71.0 Å². The lowest BCUT2D eigenvalue weighted by Gasteiger charge is -2.15. The first-order valence-electron chi connectivity index (χ1n) is 9.45. The summed E-state index contributed by atoms with van der Waals surface area (Å²) in [5, 5.41) is 15.2. The highest BCUT2D eigenvalue weighted by atomic mass is 35.5. The smallest absolute Gasteiger partial charge is 0.253 e. The van der Waals surface area contributed by atoms with Crippen molar-refractivity contribution >= 4 is 40.9 Å². The lowest BCUT2D eigenvalue weighted by molar-refractivity contribution is -0.113. The zero-order valence-corrected chi connectivity index (χ0v) is 18.2. The number of para-hydroxylation sites is 1. The molecule has 30 heavy (non-hydrogen) atoms. The number of hydrogen-bond donors (Lipinski definition) is 2. The van der Waals surface area contributed by atoms with Gasteiger partial charge in [0.15, 0.2) is 11.0 Å². The largest absolute Gasteiger partial charge is 0.342 e. The normalized spacial score (nSPS) is 11.7. The van der Waals surface area contributed by atoms with Crippen LogP contribution in [0.15, 0.2) is 59.8 Å². The predicted octanol–water partition coefficient (Wildman–Crippen LogP) is 4.17. The minimum Gasteiger partial charge on any atom is -0.342 e. The van der Waals surface area contributed by atoms with Gasteiger partial charge in [-0.2, -0.15) is 0 Å². The maximum absolute atomic E-state index is 12.5. The van der Waals surface area contributed by atoms with E-state index in [9.17, 15) is 9.59 Å². The second-order valence-corrected chi connectivity index (χ2v) is 7.81. The fourth-order valence-electron chi connectivity index (χ4n) is 2.86. The van der Waals surface area contributed by atoms with E-state index in [0.29, 0.717) is 28.1 Å². The van der Waals surface area contributed by atoms with Gasteiger partial charge in [-0.1, -0.05) is 53.7 Å². The zero-order valence-electron chi connectivity index (χ0n) is 16.6. The second-order valence-electron chi connectivity index (χ2n) is 6.46. The number of nitrogens with zero attached hydrogens (tertiary/aromatic N) is 3. The summed E-state index contributed by atoms with van der Waals surface area (Å²) in [4.78, 5) is 24.7. The molecule has 0 bridgehead atoms. The van der Waals surface area contributed by atoms with E-state index in [2.05, 4.69) is 20.8 Å². The van der Waals surface area contributed by atoms with Crippen LogP contribution >= 0.6 is 23.4 Å². The molecule has 0 aliphatic carbocycles. The molecule has 0 saturated heterocycles. The summed E-state index contributed by atoms with van der Waals surface area (Å²) in [5.74, 6) is 0.408. The van der Waals surface area contributed by atoms with Crippen molar-refractivity contribution in [2.45, 2.75) is 31.6 Å². The summed E-state index contributed by atoms with van der Waals surface area (Å²) in [6, 6.07) is 15.8. The Morgan fingerprint density at radius 2 is 1.80 bits per heavy atom. The van der Waals surface area contributed by atoms with Crippen molar-refractivity contribution in [2.24, 2.45) is 0 Å². The minimum atomic E-state index is -0.381. The molecule has 0 aliphatic heterocycles. The maximum atomic E-state index is 12.5. The predicted molar refractivity (Wildman–Crippen MR) is 119 cm³/mol. The molecule has 0 radical (unpaired) electrons. The molecule has 9 heteroatoms. The SMILES string of the molecule is CCn1c(SCC(=O)Nc2ccccc2)nnc1[C@H](C)NC(=O)c1ccccc1Cl. The number of carbonyl (C=O) groups is 2. The van der Waals surface area contributed by atoms with Gasteiger partial charge < -0.3 is 15.2 Å². The van der Waals surface area contributed by atoms with Gasteiger partial charge in [0.2, 0.25) is 5.91 Å². The molecular weight excluding hydrogens is 422 g/mol. The van der Waals surface area contributed by atoms with Crippen LogP contribution in [0.25, 0.3) is 0 Å². The lowest BCUT2D eigenvalue weighted by atomic mass is 10.2. The summed E-state index contributed by atoms with van der Waals surface area (Å²) in [7, 11) is 0. The van der Waals surface area contributed by atoms with Crippen LogP contribution in [0.2, 0.25) is 5.02 Å². The number of anilines is 1. The standard InChI is InChI=1S/C21H22ClN5O2S/c1-3-27-19(14(2)23-20(29)16-11-7-8-12-17(16)22)25-26-21(27)30-13-18(28)24-15-9-5-4-6-10-15/h4-12,14H,3,13H2,1-2H3,(H,23,29)(H,24,28)/t14-/m0/s1. The summed E-state index contributed by atoms with van der Waals surface area (Å²) in [5.41, 5.74) is 1.15. The molecule has 0 fully saturated rings. The first-order valence-corrected chi connectivity index (χ1v) is 10.8. The molecule has 2 amide bonds. The Kier molecular flexibility index (Phi) is 7.48. The van der Waals surface area contributed by atoms with Crippen LogP contribution in [-0.2, 0) is 11.3 Å².